The molecule has 0 saturated carbocycles. The van der Waals surface area contributed by atoms with Crippen molar-refractivity contribution in [3.63, 3.8) is 0 Å². The fourth-order valence-electron chi connectivity index (χ4n) is 1.49. The highest BCUT2D eigenvalue weighted by Crippen LogP contribution is 2.18. The molecule has 1 aromatic heterocycles. The average Bonchev–Trinajstić information content (AvgIpc) is 2.46. The maximum Gasteiger partial charge on any atom is 0.182 e. The van der Waals surface area contributed by atoms with Crippen LogP contribution in [-0.4, -0.2) is 35.1 Å². The molecule has 0 radical (unpaired) electrons. The Morgan fingerprint density at radius 1 is 1.62 bits per heavy atom. The molecule has 2 heterocycles. The molecule has 4 heteroatoms. The number of aromatic nitrogens is 1. The third kappa shape index (κ3) is 2.00. The summed E-state index contributed by atoms with van der Waals surface area (Å²) < 4.78 is 0. The van der Waals surface area contributed by atoms with E-state index in [-0.39, 0.29) is 0 Å². The number of rotatable bonds is 3. The zero-order chi connectivity index (χ0) is 9.26. The molecule has 0 unspecified atom stereocenters. The number of likely N-dealkylation sites (tertiary alicyclic amines) is 1. The van der Waals surface area contributed by atoms with Gasteiger partial charge in [-0.25, -0.2) is 4.98 Å². The molecule has 0 amide bonds. The first-order chi connectivity index (χ1) is 6.25. The average molecular weight is 197 g/mol. The summed E-state index contributed by atoms with van der Waals surface area (Å²) in [6.45, 7) is 6.77. The third-order valence-electron chi connectivity index (χ3n) is 2.40. The minimum absolute atomic E-state index is 0.605. The number of nitrogens with zero attached hydrogens (tertiary/aromatic N) is 2. The summed E-state index contributed by atoms with van der Waals surface area (Å²) in [5.41, 5.74) is 0. The van der Waals surface area contributed by atoms with Crippen molar-refractivity contribution in [3.05, 3.63) is 11.6 Å². The Kier molecular flexibility index (Phi) is 2.51. The van der Waals surface area contributed by atoms with Crippen LogP contribution >= 0.6 is 11.3 Å². The van der Waals surface area contributed by atoms with E-state index >= 15 is 0 Å². The molecule has 0 atom stereocenters. The van der Waals surface area contributed by atoms with Gasteiger partial charge in [0.2, 0.25) is 0 Å². The van der Waals surface area contributed by atoms with Crippen molar-refractivity contribution in [2.75, 3.05) is 18.4 Å². The Morgan fingerprint density at radius 3 is 2.92 bits per heavy atom. The monoisotopic (exact) mass is 197 g/mol. The molecule has 2 rings (SSSR count). The molecule has 72 valence electrons. The van der Waals surface area contributed by atoms with Gasteiger partial charge in [-0.15, -0.1) is 11.3 Å². The summed E-state index contributed by atoms with van der Waals surface area (Å²) in [5.74, 6) is 0. The topological polar surface area (TPSA) is 28.2 Å². The molecule has 1 fully saturated rings. The largest absolute Gasteiger partial charge is 0.356 e. The van der Waals surface area contributed by atoms with E-state index < -0.39 is 0 Å². The molecule has 1 aliphatic heterocycles. The van der Waals surface area contributed by atoms with Gasteiger partial charge in [-0.3, -0.25) is 4.90 Å². The first-order valence-electron chi connectivity index (χ1n) is 4.66. The maximum absolute atomic E-state index is 4.20. The van der Waals surface area contributed by atoms with Crippen LogP contribution in [-0.2, 0) is 0 Å². The van der Waals surface area contributed by atoms with E-state index in [1.54, 1.807) is 11.3 Å². The van der Waals surface area contributed by atoms with Crippen molar-refractivity contribution in [2.24, 2.45) is 0 Å². The van der Waals surface area contributed by atoms with E-state index in [9.17, 15) is 0 Å². The van der Waals surface area contributed by atoms with Crippen molar-refractivity contribution in [3.8, 4) is 0 Å². The van der Waals surface area contributed by atoms with Crippen LogP contribution in [0, 0.1) is 0 Å². The highest BCUT2D eigenvalue weighted by Gasteiger charge is 2.28. The van der Waals surface area contributed by atoms with Crippen LogP contribution in [0.25, 0.3) is 0 Å². The molecule has 3 nitrogen and oxygen atoms in total. The smallest absolute Gasteiger partial charge is 0.182 e. The van der Waals surface area contributed by atoms with E-state index in [2.05, 4.69) is 29.0 Å². The SMILES string of the molecule is CC(C)N1CC(Nc2nccs2)C1. The van der Waals surface area contributed by atoms with Crippen molar-refractivity contribution in [1.29, 1.82) is 0 Å². The fourth-order valence-corrected chi connectivity index (χ4v) is 2.10. The lowest BCUT2D eigenvalue weighted by Gasteiger charge is -2.42. The Morgan fingerprint density at radius 2 is 2.38 bits per heavy atom. The zero-order valence-electron chi connectivity index (χ0n) is 8.03. The molecule has 1 aliphatic rings. The fraction of sp³-hybridized carbons (Fsp3) is 0.667. The van der Waals surface area contributed by atoms with Crippen LogP contribution in [0.2, 0.25) is 0 Å². The minimum atomic E-state index is 0.605. The van der Waals surface area contributed by atoms with E-state index in [0.29, 0.717) is 12.1 Å². The van der Waals surface area contributed by atoms with E-state index in [1.165, 1.54) is 0 Å². The summed E-state index contributed by atoms with van der Waals surface area (Å²) >= 11 is 1.67. The number of hydrogen-bond donors (Lipinski definition) is 1. The molecule has 1 N–H and O–H groups in total. The Hall–Kier alpha value is -0.610. The highest BCUT2D eigenvalue weighted by atomic mass is 32.1. The van der Waals surface area contributed by atoms with E-state index in [0.717, 1.165) is 18.2 Å². The van der Waals surface area contributed by atoms with Gasteiger partial charge < -0.3 is 5.32 Å². The first kappa shape index (κ1) is 8.97. The molecular formula is C9H15N3S. The quantitative estimate of drug-likeness (QED) is 0.798. The zero-order valence-corrected chi connectivity index (χ0v) is 8.84. The number of thiazole rings is 1. The normalized spacial score (nSPS) is 19.0. The van der Waals surface area contributed by atoms with Gasteiger partial charge in [0.25, 0.3) is 0 Å². The predicted octanol–water partition coefficient (Wildman–Crippen LogP) is 1.65. The Labute approximate surface area is 82.8 Å². The molecular weight excluding hydrogens is 182 g/mol. The Balaban J connectivity index is 1.76. The lowest BCUT2D eigenvalue weighted by Crippen LogP contribution is -2.57. The van der Waals surface area contributed by atoms with E-state index in [4.69, 9.17) is 0 Å². The Bertz CT molecular complexity index is 252. The second-order valence-corrected chi connectivity index (χ2v) is 4.62. The minimum Gasteiger partial charge on any atom is -0.356 e. The summed E-state index contributed by atoms with van der Waals surface area (Å²) in [6.07, 6.45) is 1.84. The van der Waals surface area contributed by atoms with Gasteiger partial charge in [0.1, 0.15) is 0 Å². The molecule has 1 saturated heterocycles. The van der Waals surface area contributed by atoms with Gasteiger partial charge in [0.05, 0.1) is 6.04 Å². The van der Waals surface area contributed by atoms with Crippen molar-refractivity contribution < 1.29 is 0 Å². The second kappa shape index (κ2) is 3.64. The lowest BCUT2D eigenvalue weighted by molar-refractivity contribution is 0.122. The number of nitrogens with one attached hydrogen (secondary N) is 1. The van der Waals surface area contributed by atoms with Gasteiger partial charge >= 0.3 is 0 Å². The second-order valence-electron chi connectivity index (χ2n) is 3.73. The molecule has 0 bridgehead atoms. The summed E-state index contributed by atoms with van der Waals surface area (Å²) in [5, 5.41) is 6.46. The first-order valence-corrected chi connectivity index (χ1v) is 5.54. The molecule has 1 aromatic rings. The third-order valence-corrected chi connectivity index (χ3v) is 3.10. The molecule has 0 spiro atoms. The van der Waals surface area contributed by atoms with Crippen LogP contribution in [0.3, 0.4) is 0 Å². The highest BCUT2D eigenvalue weighted by molar-refractivity contribution is 7.13. The number of anilines is 1. The van der Waals surface area contributed by atoms with Crippen LogP contribution in [0.4, 0.5) is 5.13 Å². The summed E-state index contributed by atoms with van der Waals surface area (Å²) in [4.78, 5) is 6.65. The van der Waals surface area contributed by atoms with Gasteiger partial charge in [0, 0.05) is 30.7 Å². The molecule has 0 aromatic carbocycles. The summed E-state index contributed by atoms with van der Waals surface area (Å²) in [6, 6.07) is 1.28. The van der Waals surface area contributed by atoms with E-state index in [1.807, 2.05) is 11.6 Å². The van der Waals surface area contributed by atoms with Gasteiger partial charge in [-0.05, 0) is 13.8 Å². The number of hydrogen-bond acceptors (Lipinski definition) is 4. The van der Waals surface area contributed by atoms with Gasteiger partial charge in [-0.2, -0.15) is 0 Å². The molecule has 0 aliphatic carbocycles. The van der Waals surface area contributed by atoms with Crippen molar-refractivity contribution in [1.82, 2.24) is 9.88 Å². The van der Waals surface area contributed by atoms with Gasteiger partial charge in [-0.1, -0.05) is 0 Å². The van der Waals surface area contributed by atoms with Gasteiger partial charge in [0.15, 0.2) is 5.13 Å². The van der Waals surface area contributed by atoms with Crippen LogP contribution in [0.1, 0.15) is 13.8 Å². The van der Waals surface area contributed by atoms with Crippen molar-refractivity contribution in [2.45, 2.75) is 25.9 Å². The van der Waals surface area contributed by atoms with Crippen LogP contribution < -0.4 is 5.32 Å². The van der Waals surface area contributed by atoms with Crippen LogP contribution in [0.5, 0.6) is 0 Å². The standard InChI is InChI=1S/C9H15N3S/c1-7(2)12-5-8(6-12)11-9-10-3-4-13-9/h3-4,7-8H,5-6H2,1-2H3,(H,10,11). The summed E-state index contributed by atoms with van der Waals surface area (Å²) in [7, 11) is 0. The molecule has 13 heavy (non-hydrogen) atoms. The maximum atomic E-state index is 4.20. The predicted molar refractivity (Wildman–Crippen MR) is 56.2 cm³/mol. The van der Waals surface area contributed by atoms with Crippen LogP contribution in [0.15, 0.2) is 11.6 Å². The van der Waals surface area contributed by atoms with Crippen molar-refractivity contribution >= 4 is 16.5 Å². The lowest BCUT2D eigenvalue weighted by atomic mass is 10.1.